The lowest BCUT2D eigenvalue weighted by molar-refractivity contribution is -0.123. The summed E-state index contributed by atoms with van der Waals surface area (Å²) in [6.07, 6.45) is 14.6. The number of thiophene rings is 1. The predicted octanol–water partition coefficient (Wildman–Crippen LogP) is 6.72. The maximum Gasteiger partial charge on any atom is 0.230 e. The Hall–Kier alpha value is -4.37. The Bertz CT molecular complexity index is 1880. The maximum atomic E-state index is 14.0. The van der Waals surface area contributed by atoms with Crippen LogP contribution in [0.2, 0.25) is 0 Å². The second kappa shape index (κ2) is 8.84. The largest absolute Gasteiger partial charge is 0.352 e. The number of carbonyl (C=O) groups excluding carboxylic acids is 1. The van der Waals surface area contributed by atoms with Gasteiger partial charge in [0.15, 0.2) is 5.65 Å². The fourth-order valence-corrected chi connectivity index (χ4v) is 7.03. The number of amides is 1. The van der Waals surface area contributed by atoms with Crippen LogP contribution >= 0.6 is 11.3 Å². The minimum atomic E-state index is 0.0511. The maximum absolute atomic E-state index is 14.0. The van der Waals surface area contributed by atoms with Crippen molar-refractivity contribution in [3.8, 4) is 33.0 Å². The predicted molar refractivity (Wildman–Crippen MR) is 153 cm³/mol. The first-order chi connectivity index (χ1) is 19.2. The van der Waals surface area contributed by atoms with Gasteiger partial charge in [0.05, 0.1) is 35.8 Å². The molecule has 0 spiro atoms. The molecule has 0 atom stereocenters. The van der Waals surface area contributed by atoms with E-state index in [1.54, 1.807) is 11.3 Å². The molecular weight excluding hydrogens is 506 g/mol. The van der Waals surface area contributed by atoms with Crippen LogP contribution in [0.5, 0.6) is 0 Å². The zero-order valence-electron chi connectivity index (χ0n) is 21.1. The molecular formula is C30H25N7OS. The smallest absolute Gasteiger partial charge is 0.230 e. The van der Waals surface area contributed by atoms with Crippen LogP contribution in [0.15, 0.2) is 61.3 Å². The lowest BCUT2D eigenvalue weighted by Gasteiger charge is -2.29. The van der Waals surface area contributed by atoms with E-state index < -0.39 is 0 Å². The van der Waals surface area contributed by atoms with E-state index >= 15 is 0 Å². The van der Waals surface area contributed by atoms with Crippen molar-refractivity contribution in [1.29, 1.82) is 0 Å². The molecule has 2 aliphatic rings. The Morgan fingerprint density at radius 2 is 1.79 bits per heavy atom. The molecule has 1 aliphatic heterocycles. The monoisotopic (exact) mass is 531 g/mol. The molecule has 1 saturated carbocycles. The number of carbonyl (C=O) groups is 1. The molecule has 0 aromatic carbocycles. The highest BCUT2D eigenvalue weighted by molar-refractivity contribution is 7.15. The number of hydrogen-bond acceptors (Lipinski definition) is 6. The third kappa shape index (κ3) is 3.76. The number of nitrogens with one attached hydrogen (secondary N) is 2. The summed E-state index contributed by atoms with van der Waals surface area (Å²) in [5, 5.41) is 9.70. The van der Waals surface area contributed by atoms with Gasteiger partial charge in [0.25, 0.3) is 0 Å². The SMILES string of the molecule is O=C(C1CCCCC1)N1Cc2ccc(s2)-c2cncc3[nH]c(cc23)-c2n[nH]c3ncc(cc23)-c2cncc1c2. The van der Waals surface area contributed by atoms with Crippen LogP contribution in [0, 0.1) is 5.92 Å². The van der Waals surface area contributed by atoms with Crippen LogP contribution in [0.3, 0.4) is 0 Å². The molecule has 6 aromatic heterocycles. The van der Waals surface area contributed by atoms with Gasteiger partial charge in [-0.05, 0) is 43.2 Å². The van der Waals surface area contributed by atoms with Crippen molar-refractivity contribution in [1.82, 2.24) is 30.1 Å². The lowest BCUT2D eigenvalue weighted by Crippen LogP contribution is -2.36. The first-order valence-electron chi connectivity index (χ1n) is 13.4. The van der Waals surface area contributed by atoms with E-state index in [-0.39, 0.29) is 11.8 Å². The van der Waals surface area contributed by atoms with Crippen LogP contribution in [0.1, 0.15) is 37.0 Å². The van der Waals surface area contributed by atoms with E-state index in [2.05, 4.69) is 60.5 Å². The van der Waals surface area contributed by atoms with Crippen LogP contribution in [0.25, 0.3) is 54.9 Å². The number of nitrogens with zero attached hydrogens (tertiary/aromatic N) is 5. The van der Waals surface area contributed by atoms with Gasteiger partial charge in [-0.3, -0.25) is 19.9 Å². The Balaban J connectivity index is 1.36. The summed E-state index contributed by atoms with van der Waals surface area (Å²) in [5.41, 5.74) is 7.09. The highest BCUT2D eigenvalue weighted by Crippen LogP contribution is 2.38. The van der Waals surface area contributed by atoms with Gasteiger partial charge in [0, 0.05) is 61.7 Å². The van der Waals surface area contributed by atoms with Gasteiger partial charge in [0.2, 0.25) is 5.91 Å². The van der Waals surface area contributed by atoms with Crippen molar-refractivity contribution in [3.05, 3.63) is 66.2 Å². The lowest BCUT2D eigenvalue weighted by atomic mass is 9.88. The minimum Gasteiger partial charge on any atom is -0.352 e. The number of pyridine rings is 3. The Labute approximate surface area is 228 Å². The molecule has 1 fully saturated rings. The van der Waals surface area contributed by atoms with Crippen molar-refractivity contribution in [3.63, 3.8) is 0 Å². The molecule has 0 saturated heterocycles. The summed E-state index contributed by atoms with van der Waals surface area (Å²) in [4.78, 5) is 35.4. The number of anilines is 1. The number of rotatable bonds is 1. The summed E-state index contributed by atoms with van der Waals surface area (Å²) < 4.78 is 0. The highest BCUT2D eigenvalue weighted by Gasteiger charge is 2.28. The van der Waals surface area contributed by atoms with E-state index in [1.165, 1.54) is 6.42 Å². The second-order valence-electron chi connectivity index (χ2n) is 10.5. The molecule has 192 valence electrons. The molecule has 2 N–H and O–H groups in total. The number of aromatic nitrogens is 6. The molecule has 8 rings (SSSR count). The Morgan fingerprint density at radius 1 is 0.923 bits per heavy atom. The van der Waals surface area contributed by atoms with E-state index in [1.807, 2.05) is 35.9 Å². The standard InChI is InChI=1S/C30H25N7OS/c38-30(17-4-2-1-3-5-17)37-16-21-6-7-27(39-21)24-14-32-15-26-22(24)10-25(34-26)28-23-9-19(12-33-29(23)36-35-28)18-8-20(37)13-31-11-18/h6-15,17,34H,1-5,16H2,(H,33,35,36). The molecule has 7 heterocycles. The molecule has 8 nitrogen and oxygen atoms in total. The number of fused-ring (bicyclic) bond motifs is 9. The van der Waals surface area contributed by atoms with Crippen molar-refractivity contribution in [2.45, 2.75) is 38.6 Å². The molecule has 6 aromatic rings. The molecule has 39 heavy (non-hydrogen) atoms. The van der Waals surface area contributed by atoms with Crippen LogP contribution in [-0.2, 0) is 11.3 Å². The van der Waals surface area contributed by atoms with E-state index in [9.17, 15) is 4.79 Å². The van der Waals surface area contributed by atoms with Crippen LogP contribution in [0.4, 0.5) is 5.69 Å². The van der Waals surface area contributed by atoms with Gasteiger partial charge in [-0.15, -0.1) is 11.3 Å². The molecule has 9 heteroatoms. The Morgan fingerprint density at radius 3 is 2.72 bits per heavy atom. The fourth-order valence-electron chi connectivity index (χ4n) is 6.00. The van der Waals surface area contributed by atoms with Crippen molar-refractivity contribution in [2.75, 3.05) is 4.90 Å². The third-order valence-corrected chi connectivity index (χ3v) is 9.15. The molecule has 0 unspecified atom stereocenters. The van der Waals surface area contributed by atoms with Crippen LogP contribution < -0.4 is 4.90 Å². The first-order valence-corrected chi connectivity index (χ1v) is 14.2. The molecule has 8 bridgehead atoms. The van der Waals surface area contributed by atoms with Crippen LogP contribution in [-0.4, -0.2) is 36.0 Å². The van der Waals surface area contributed by atoms with Gasteiger partial charge in [-0.2, -0.15) is 5.10 Å². The van der Waals surface area contributed by atoms with Crippen molar-refractivity contribution in [2.24, 2.45) is 5.92 Å². The summed E-state index contributed by atoms with van der Waals surface area (Å²) in [6, 6.07) is 10.6. The number of aromatic amines is 2. The first kappa shape index (κ1) is 22.6. The van der Waals surface area contributed by atoms with E-state index in [0.717, 1.165) is 85.5 Å². The van der Waals surface area contributed by atoms with Crippen molar-refractivity contribution >= 4 is 44.9 Å². The molecule has 1 amide bonds. The Kier molecular flexibility index (Phi) is 5.12. The second-order valence-corrected chi connectivity index (χ2v) is 11.6. The average Bonchev–Trinajstić information content (AvgIpc) is 3.73. The van der Waals surface area contributed by atoms with Gasteiger partial charge in [-0.25, -0.2) is 4.98 Å². The topological polar surface area (TPSA) is 103 Å². The summed E-state index contributed by atoms with van der Waals surface area (Å²) in [5.74, 6) is 0.240. The molecule has 1 aliphatic carbocycles. The average molecular weight is 532 g/mol. The van der Waals surface area contributed by atoms with Gasteiger partial charge in [0.1, 0.15) is 5.69 Å². The summed E-state index contributed by atoms with van der Waals surface area (Å²) in [7, 11) is 0. The van der Waals surface area contributed by atoms with Gasteiger partial charge in [-0.1, -0.05) is 19.3 Å². The third-order valence-electron chi connectivity index (χ3n) is 8.05. The molecule has 0 radical (unpaired) electrons. The number of hydrogen-bond donors (Lipinski definition) is 2. The normalized spacial score (nSPS) is 15.5. The highest BCUT2D eigenvalue weighted by atomic mass is 32.1. The zero-order chi connectivity index (χ0) is 25.9. The summed E-state index contributed by atoms with van der Waals surface area (Å²) in [6.45, 7) is 0.510. The fraction of sp³-hybridized carbons (Fsp3) is 0.233. The van der Waals surface area contributed by atoms with E-state index in [4.69, 9.17) is 0 Å². The minimum absolute atomic E-state index is 0.0511. The van der Waals surface area contributed by atoms with E-state index in [0.29, 0.717) is 12.2 Å². The van der Waals surface area contributed by atoms with Gasteiger partial charge < -0.3 is 9.88 Å². The van der Waals surface area contributed by atoms with Gasteiger partial charge >= 0.3 is 0 Å². The zero-order valence-corrected chi connectivity index (χ0v) is 22.0. The van der Waals surface area contributed by atoms with Crippen molar-refractivity contribution < 1.29 is 4.79 Å². The summed E-state index contributed by atoms with van der Waals surface area (Å²) >= 11 is 1.71. The number of H-pyrrole nitrogens is 2. The quantitative estimate of drug-likeness (QED) is 0.245.